The highest BCUT2D eigenvalue weighted by Gasteiger charge is 2.22. The zero-order valence-electron chi connectivity index (χ0n) is 22.8. The van der Waals surface area contributed by atoms with E-state index < -0.39 is 17.8 Å². The van der Waals surface area contributed by atoms with Gasteiger partial charge in [0.05, 0.1) is 23.6 Å². The smallest absolute Gasteiger partial charge is 0.324 e. The number of hydrogen-bond donors (Lipinski definition) is 4. The summed E-state index contributed by atoms with van der Waals surface area (Å²) in [5.41, 5.74) is 8.06. The van der Waals surface area contributed by atoms with E-state index in [1.165, 1.54) is 12.1 Å². The molecular weight excluding hydrogens is 513 g/mol. The highest BCUT2D eigenvalue weighted by atomic mass is 19.1. The number of benzene rings is 2. The number of aromatic nitrogens is 3. The van der Waals surface area contributed by atoms with Gasteiger partial charge < -0.3 is 21.1 Å². The standard InChI is InChI=1S/C29H32FN7O3/c1-18-13-22(11-12-33-18)40-21-9-10-24(23(30)14-21)34-28(39)35-27-15-25(29(2,3)4)36-37(27)20-7-5-19(6-8-20)16-32-17-26(31)38/h5-15,32H,16-17H2,1-4H3,(H2,31,38)(H2,34,35,39). The Morgan fingerprint density at radius 1 is 1.00 bits per heavy atom. The SMILES string of the molecule is Cc1cc(Oc2ccc(NC(=O)Nc3cc(C(C)(C)C)nn3-c3ccc(CNCC(N)=O)cc3)c(F)c2)ccn1. The lowest BCUT2D eigenvalue weighted by Gasteiger charge is -2.14. The molecule has 40 heavy (non-hydrogen) atoms. The lowest BCUT2D eigenvalue weighted by molar-refractivity contribution is -0.117. The predicted octanol–water partition coefficient (Wildman–Crippen LogP) is 5.02. The number of nitrogens with one attached hydrogen (secondary N) is 3. The third-order valence-electron chi connectivity index (χ3n) is 5.82. The first kappa shape index (κ1) is 28.2. The maximum atomic E-state index is 14.8. The summed E-state index contributed by atoms with van der Waals surface area (Å²) in [6, 6.07) is 16.2. The zero-order valence-corrected chi connectivity index (χ0v) is 22.8. The van der Waals surface area contributed by atoms with Crippen LogP contribution in [0, 0.1) is 12.7 Å². The number of pyridine rings is 1. The van der Waals surface area contributed by atoms with E-state index in [1.54, 1.807) is 35.1 Å². The van der Waals surface area contributed by atoms with E-state index in [9.17, 15) is 14.0 Å². The fraction of sp³-hybridized carbons (Fsp3) is 0.241. The van der Waals surface area contributed by atoms with Gasteiger partial charge in [-0.3, -0.25) is 15.1 Å². The van der Waals surface area contributed by atoms with Gasteiger partial charge in [0, 0.05) is 42.0 Å². The van der Waals surface area contributed by atoms with Gasteiger partial charge in [-0.25, -0.2) is 13.9 Å². The van der Waals surface area contributed by atoms with Crippen LogP contribution in [0.25, 0.3) is 5.69 Å². The summed E-state index contributed by atoms with van der Waals surface area (Å²) in [4.78, 5) is 28.0. The number of nitrogens with zero attached hydrogens (tertiary/aromatic N) is 3. The molecule has 3 amide bonds. The summed E-state index contributed by atoms with van der Waals surface area (Å²) in [6.45, 7) is 8.44. The molecule has 0 unspecified atom stereocenters. The third kappa shape index (κ3) is 7.41. The van der Waals surface area contributed by atoms with Crippen molar-refractivity contribution in [3.63, 3.8) is 0 Å². The quantitative estimate of drug-likeness (QED) is 0.233. The van der Waals surface area contributed by atoms with Gasteiger partial charge >= 0.3 is 6.03 Å². The van der Waals surface area contributed by atoms with Crippen LogP contribution in [0.15, 0.2) is 66.9 Å². The Kier molecular flexibility index (Phi) is 8.44. The number of rotatable bonds is 9. The van der Waals surface area contributed by atoms with Gasteiger partial charge in [0.15, 0.2) is 0 Å². The molecule has 0 aliphatic carbocycles. The van der Waals surface area contributed by atoms with Crippen LogP contribution in [0.4, 0.5) is 20.7 Å². The molecule has 2 heterocycles. The van der Waals surface area contributed by atoms with Crippen molar-refractivity contribution < 1.29 is 18.7 Å². The molecule has 10 nitrogen and oxygen atoms in total. The van der Waals surface area contributed by atoms with Crippen molar-refractivity contribution in [3.05, 3.63) is 89.6 Å². The second-order valence-corrected chi connectivity index (χ2v) is 10.3. The second-order valence-electron chi connectivity index (χ2n) is 10.3. The Labute approximate surface area is 231 Å². The molecule has 0 spiro atoms. The van der Waals surface area contributed by atoms with Crippen LogP contribution in [0.3, 0.4) is 0 Å². The Bertz CT molecular complexity index is 1510. The molecule has 0 aliphatic heterocycles. The molecule has 5 N–H and O–H groups in total. The molecule has 4 aromatic rings. The first-order chi connectivity index (χ1) is 19.0. The Balaban J connectivity index is 1.49. The van der Waals surface area contributed by atoms with Gasteiger partial charge in [0.1, 0.15) is 23.1 Å². The Morgan fingerprint density at radius 2 is 1.73 bits per heavy atom. The van der Waals surface area contributed by atoms with Crippen molar-refractivity contribution in [2.24, 2.45) is 5.73 Å². The van der Waals surface area contributed by atoms with E-state index in [4.69, 9.17) is 15.6 Å². The molecule has 0 radical (unpaired) electrons. The highest BCUT2D eigenvalue weighted by molar-refractivity contribution is 5.99. The molecule has 0 atom stereocenters. The number of amides is 3. The molecule has 0 saturated carbocycles. The number of anilines is 2. The first-order valence-corrected chi connectivity index (χ1v) is 12.6. The van der Waals surface area contributed by atoms with E-state index in [-0.39, 0.29) is 23.4 Å². The minimum Gasteiger partial charge on any atom is -0.457 e. The molecule has 0 aliphatic rings. The van der Waals surface area contributed by atoms with E-state index in [0.29, 0.717) is 23.8 Å². The van der Waals surface area contributed by atoms with Crippen molar-refractivity contribution in [1.29, 1.82) is 0 Å². The zero-order chi connectivity index (χ0) is 28.9. The summed E-state index contributed by atoms with van der Waals surface area (Å²) in [5.74, 6) is 0.151. The number of aryl methyl sites for hydroxylation is 1. The number of carbonyl (C=O) groups excluding carboxylic acids is 2. The number of carbonyl (C=O) groups is 2. The molecule has 0 saturated heterocycles. The highest BCUT2D eigenvalue weighted by Crippen LogP contribution is 2.28. The van der Waals surface area contributed by atoms with Crippen molar-refractivity contribution in [2.45, 2.75) is 39.7 Å². The summed E-state index contributed by atoms with van der Waals surface area (Å²) in [6.07, 6.45) is 1.61. The minimum absolute atomic E-state index is 0.00863. The maximum absolute atomic E-state index is 14.8. The summed E-state index contributed by atoms with van der Waals surface area (Å²) in [5, 5.41) is 13.0. The van der Waals surface area contributed by atoms with E-state index >= 15 is 0 Å². The number of urea groups is 1. The van der Waals surface area contributed by atoms with Crippen LogP contribution in [-0.2, 0) is 16.8 Å². The number of hydrogen-bond acceptors (Lipinski definition) is 6. The van der Waals surface area contributed by atoms with E-state index in [0.717, 1.165) is 17.0 Å². The van der Waals surface area contributed by atoms with Gasteiger partial charge in [0.2, 0.25) is 5.91 Å². The maximum Gasteiger partial charge on any atom is 0.324 e. The molecule has 208 valence electrons. The van der Waals surface area contributed by atoms with Crippen LogP contribution in [0.2, 0.25) is 0 Å². The van der Waals surface area contributed by atoms with Gasteiger partial charge in [0.25, 0.3) is 0 Å². The van der Waals surface area contributed by atoms with E-state index in [2.05, 4.69) is 20.9 Å². The normalized spacial score (nSPS) is 11.2. The number of primary amides is 1. The number of ether oxygens (including phenoxy) is 1. The summed E-state index contributed by atoms with van der Waals surface area (Å²) in [7, 11) is 0. The molecular formula is C29H32FN7O3. The van der Waals surface area contributed by atoms with Gasteiger partial charge in [-0.05, 0) is 42.8 Å². The fourth-order valence-corrected chi connectivity index (χ4v) is 3.77. The number of nitrogens with two attached hydrogens (primary N) is 1. The largest absolute Gasteiger partial charge is 0.457 e. The minimum atomic E-state index is -0.650. The van der Waals surface area contributed by atoms with Crippen LogP contribution in [0.1, 0.15) is 37.7 Å². The van der Waals surface area contributed by atoms with Crippen molar-refractivity contribution in [3.8, 4) is 17.2 Å². The average Bonchev–Trinajstić information content (AvgIpc) is 3.30. The van der Waals surface area contributed by atoms with E-state index in [1.807, 2.05) is 52.0 Å². The Hall–Kier alpha value is -4.77. The second kappa shape index (κ2) is 12.0. The van der Waals surface area contributed by atoms with Gasteiger partial charge in [-0.2, -0.15) is 5.10 Å². The van der Waals surface area contributed by atoms with Crippen LogP contribution >= 0.6 is 0 Å². The van der Waals surface area contributed by atoms with Crippen molar-refractivity contribution in [2.75, 3.05) is 17.2 Å². The van der Waals surface area contributed by atoms with Crippen LogP contribution < -0.4 is 26.4 Å². The lowest BCUT2D eigenvalue weighted by Crippen LogP contribution is -2.28. The monoisotopic (exact) mass is 545 g/mol. The molecule has 0 fully saturated rings. The third-order valence-corrected chi connectivity index (χ3v) is 5.82. The molecule has 11 heteroatoms. The summed E-state index contributed by atoms with van der Waals surface area (Å²) >= 11 is 0. The van der Waals surface area contributed by atoms with Crippen LogP contribution in [-0.4, -0.2) is 33.2 Å². The summed E-state index contributed by atoms with van der Waals surface area (Å²) < 4.78 is 22.1. The van der Waals surface area contributed by atoms with Crippen molar-refractivity contribution in [1.82, 2.24) is 20.1 Å². The average molecular weight is 546 g/mol. The lowest BCUT2D eigenvalue weighted by atomic mass is 9.92. The topological polar surface area (TPSA) is 136 Å². The van der Waals surface area contributed by atoms with Crippen LogP contribution in [0.5, 0.6) is 11.5 Å². The molecule has 4 rings (SSSR count). The van der Waals surface area contributed by atoms with Gasteiger partial charge in [-0.1, -0.05) is 32.9 Å². The predicted molar refractivity (Wildman–Crippen MR) is 151 cm³/mol. The number of halogens is 1. The Morgan fingerprint density at radius 3 is 2.38 bits per heavy atom. The fourth-order valence-electron chi connectivity index (χ4n) is 3.77. The molecule has 0 bridgehead atoms. The first-order valence-electron chi connectivity index (χ1n) is 12.6. The van der Waals surface area contributed by atoms with Gasteiger partial charge in [-0.15, -0.1) is 0 Å². The molecule has 2 aromatic heterocycles. The molecule has 2 aromatic carbocycles. The van der Waals surface area contributed by atoms with Crippen molar-refractivity contribution >= 4 is 23.4 Å².